The average molecular weight is 519 g/mol. The van der Waals surface area contributed by atoms with Crippen molar-refractivity contribution < 1.29 is 18.7 Å². The van der Waals surface area contributed by atoms with Crippen LogP contribution in [-0.2, 0) is 18.3 Å². The molecule has 7 rings (SSSR count). The van der Waals surface area contributed by atoms with Gasteiger partial charge in [0.15, 0.2) is 5.82 Å². The molecule has 4 aromatic rings. The second-order valence-electron chi connectivity index (χ2n) is 10.7. The Morgan fingerprint density at radius 3 is 2.89 bits per heavy atom. The van der Waals surface area contributed by atoms with E-state index in [1.807, 2.05) is 19.2 Å². The largest absolute Gasteiger partial charge is 0.481 e. The number of imidazole rings is 1. The summed E-state index contributed by atoms with van der Waals surface area (Å²) >= 11 is 0. The third kappa shape index (κ3) is 3.94. The van der Waals surface area contributed by atoms with Crippen molar-refractivity contribution in [1.29, 1.82) is 0 Å². The monoisotopic (exact) mass is 518 g/mol. The Morgan fingerprint density at radius 2 is 2.08 bits per heavy atom. The Labute approximate surface area is 219 Å². The van der Waals surface area contributed by atoms with Crippen molar-refractivity contribution in [3.05, 3.63) is 41.7 Å². The molecule has 0 unspecified atom stereocenters. The van der Waals surface area contributed by atoms with Crippen molar-refractivity contribution in [1.82, 2.24) is 29.3 Å². The standard InChI is InChI=1S/C28H31FN6O3/c1-33-25-19(29)11-18(28(36)34-9-7-23-21(15-34)30-8-10-38-23)12-20(25)31-27(33)22-13-17-5-6-24(37-2)32-26(17)35(22)14-16-3-4-16/h5-6,11-13,16,21,23,30H,3-4,7-10,14-15H2,1-2H3/t21-,23+/m1/s1. The van der Waals surface area contributed by atoms with Crippen LogP contribution < -0.4 is 10.1 Å². The van der Waals surface area contributed by atoms with E-state index in [1.54, 1.807) is 22.6 Å². The van der Waals surface area contributed by atoms with Gasteiger partial charge in [-0.15, -0.1) is 0 Å². The first-order chi connectivity index (χ1) is 18.5. The highest BCUT2D eigenvalue weighted by atomic mass is 19.1. The van der Waals surface area contributed by atoms with E-state index in [1.165, 1.54) is 18.9 Å². The summed E-state index contributed by atoms with van der Waals surface area (Å²) in [5.41, 5.74) is 2.88. The summed E-state index contributed by atoms with van der Waals surface area (Å²) in [7, 11) is 3.43. The van der Waals surface area contributed by atoms with Crippen molar-refractivity contribution in [3.8, 4) is 17.4 Å². The molecule has 3 aliphatic rings. The summed E-state index contributed by atoms with van der Waals surface area (Å²) < 4.78 is 30.7. The van der Waals surface area contributed by atoms with Crippen molar-refractivity contribution in [3.63, 3.8) is 0 Å². The number of carbonyl (C=O) groups excluding carboxylic acids is 1. The number of likely N-dealkylation sites (tertiary alicyclic amines) is 1. The Bertz CT molecular complexity index is 1560. The van der Waals surface area contributed by atoms with Crippen molar-refractivity contribution in [2.24, 2.45) is 13.0 Å². The van der Waals surface area contributed by atoms with Crippen LogP contribution in [0, 0.1) is 11.7 Å². The van der Waals surface area contributed by atoms with E-state index in [0.29, 0.717) is 53.9 Å². The van der Waals surface area contributed by atoms with E-state index < -0.39 is 5.82 Å². The Kier molecular flexibility index (Phi) is 5.63. The third-order valence-corrected chi connectivity index (χ3v) is 8.14. The van der Waals surface area contributed by atoms with Crippen molar-refractivity contribution in [2.45, 2.75) is 38.0 Å². The number of fused-ring (bicyclic) bond motifs is 3. The van der Waals surface area contributed by atoms with Gasteiger partial charge in [0.2, 0.25) is 5.88 Å². The van der Waals surface area contributed by atoms with Crippen molar-refractivity contribution in [2.75, 3.05) is 33.4 Å². The van der Waals surface area contributed by atoms with Gasteiger partial charge in [0.05, 0.1) is 37.1 Å². The number of piperidine rings is 1. The molecule has 0 bridgehead atoms. The topological polar surface area (TPSA) is 86.4 Å². The van der Waals surface area contributed by atoms with Gasteiger partial charge < -0.3 is 28.8 Å². The number of nitrogens with zero attached hydrogens (tertiary/aromatic N) is 5. The molecule has 3 aromatic heterocycles. The van der Waals surface area contributed by atoms with Crippen LogP contribution in [0.2, 0.25) is 0 Å². The van der Waals surface area contributed by atoms with Crippen LogP contribution in [0.25, 0.3) is 33.6 Å². The maximum absolute atomic E-state index is 15.6. The second-order valence-corrected chi connectivity index (χ2v) is 10.7. The zero-order chi connectivity index (χ0) is 26.0. The number of pyridine rings is 1. The maximum atomic E-state index is 15.6. The number of hydrogen-bond donors (Lipinski definition) is 1. The number of ether oxygens (including phenoxy) is 2. The summed E-state index contributed by atoms with van der Waals surface area (Å²) in [5, 5.41) is 4.42. The predicted molar refractivity (Wildman–Crippen MR) is 141 cm³/mol. The van der Waals surface area contributed by atoms with E-state index in [-0.39, 0.29) is 18.1 Å². The van der Waals surface area contributed by atoms with Crippen LogP contribution in [0.1, 0.15) is 29.6 Å². The van der Waals surface area contributed by atoms with E-state index >= 15 is 4.39 Å². The van der Waals surface area contributed by atoms with Crippen LogP contribution in [-0.4, -0.2) is 75.4 Å². The summed E-state index contributed by atoms with van der Waals surface area (Å²) in [6.45, 7) is 3.44. The molecule has 3 fully saturated rings. The molecule has 9 nitrogen and oxygen atoms in total. The number of aryl methyl sites for hydroxylation is 1. The van der Waals surface area contributed by atoms with Crippen LogP contribution in [0.3, 0.4) is 0 Å². The predicted octanol–water partition coefficient (Wildman–Crippen LogP) is 3.35. The smallest absolute Gasteiger partial charge is 0.254 e. The molecular formula is C28H31FN6O3. The van der Waals surface area contributed by atoms with Crippen LogP contribution in [0.15, 0.2) is 30.3 Å². The third-order valence-electron chi connectivity index (χ3n) is 8.14. The minimum Gasteiger partial charge on any atom is -0.481 e. The Morgan fingerprint density at radius 1 is 1.21 bits per heavy atom. The fourth-order valence-electron chi connectivity index (χ4n) is 5.95. The minimum atomic E-state index is -0.453. The number of aromatic nitrogens is 4. The minimum absolute atomic E-state index is 0.108. The lowest BCUT2D eigenvalue weighted by atomic mass is 9.99. The first-order valence-electron chi connectivity index (χ1n) is 13.3. The zero-order valence-electron chi connectivity index (χ0n) is 21.6. The lowest BCUT2D eigenvalue weighted by molar-refractivity contribution is -0.0383. The molecule has 1 saturated carbocycles. The molecule has 2 saturated heterocycles. The van der Waals surface area contributed by atoms with Gasteiger partial charge in [0, 0.05) is 50.2 Å². The highest BCUT2D eigenvalue weighted by molar-refractivity contribution is 5.98. The first-order valence-corrected chi connectivity index (χ1v) is 13.3. The number of amides is 1. The van der Waals surface area contributed by atoms with Gasteiger partial charge in [-0.05, 0) is 49.4 Å². The van der Waals surface area contributed by atoms with Gasteiger partial charge in [-0.3, -0.25) is 4.79 Å². The van der Waals surface area contributed by atoms with E-state index in [9.17, 15) is 4.79 Å². The van der Waals surface area contributed by atoms with E-state index in [0.717, 1.165) is 36.2 Å². The van der Waals surface area contributed by atoms with Gasteiger partial charge in [0.25, 0.3) is 5.91 Å². The molecule has 0 spiro atoms. The zero-order valence-corrected chi connectivity index (χ0v) is 21.6. The number of methoxy groups -OCH3 is 1. The Hall–Kier alpha value is -3.50. The second kappa shape index (κ2) is 9.06. The molecule has 198 valence electrons. The summed E-state index contributed by atoms with van der Waals surface area (Å²) in [6.07, 6.45) is 3.27. The number of carbonyl (C=O) groups is 1. The number of nitrogens with one attached hydrogen (secondary N) is 1. The molecule has 10 heteroatoms. The van der Waals surface area contributed by atoms with Gasteiger partial charge in [-0.25, -0.2) is 9.37 Å². The molecule has 1 amide bonds. The maximum Gasteiger partial charge on any atom is 0.254 e. The molecular weight excluding hydrogens is 487 g/mol. The molecule has 0 radical (unpaired) electrons. The first kappa shape index (κ1) is 23.6. The summed E-state index contributed by atoms with van der Waals surface area (Å²) in [5.74, 6) is 1.16. The summed E-state index contributed by atoms with van der Waals surface area (Å²) in [6, 6.07) is 9.06. The van der Waals surface area contributed by atoms with Gasteiger partial charge in [-0.1, -0.05) is 0 Å². The highest BCUT2D eigenvalue weighted by Crippen LogP contribution is 2.37. The lowest BCUT2D eigenvalue weighted by Gasteiger charge is -2.41. The summed E-state index contributed by atoms with van der Waals surface area (Å²) in [4.78, 5) is 24.8. The molecule has 38 heavy (non-hydrogen) atoms. The van der Waals surface area contributed by atoms with Crippen molar-refractivity contribution >= 4 is 28.0 Å². The number of rotatable bonds is 5. The van der Waals surface area contributed by atoms with Crippen LogP contribution in [0.5, 0.6) is 5.88 Å². The molecule has 2 aliphatic heterocycles. The normalized spacial score (nSPS) is 21.7. The van der Waals surface area contributed by atoms with Gasteiger partial charge in [0.1, 0.15) is 17.0 Å². The SMILES string of the molecule is COc1ccc2cc(-c3nc4cc(C(=O)N5CC[C@@H]6OCCN[C@@H]6C5)cc(F)c4n3C)n(CC3CC3)c2n1. The van der Waals surface area contributed by atoms with E-state index in [2.05, 4.69) is 16.0 Å². The van der Waals surface area contributed by atoms with Crippen LogP contribution in [0.4, 0.5) is 4.39 Å². The van der Waals surface area contributed by atoms with E-state index in [4.69, 9.17) is 19.4 Å². The molecule has 1 N–H and O–H groups in total. The fraction of sp³-hybridized carbons (Fsp3) is 0.464. The van der Waals surface area contributed by atoms with Crippen LogP contribution >= 0.6 is 0 Å². The molecule has 2 atom stereocenters. The Balaban J connectivity index is 1.27. The molecule has 5 heterocycles. The quantitative estimate of drug-likeness (QED) is 0.436. The highest BCUT2D eigenvalue weighted by Gasteiger charge is 2.34. The van der Waals surface area contributed by atoms with Gasteiger partial charge >= 0.3 is 0 Å². The fourth-order valence-corrected chi connectivity index (χ4v) is 5.95. The number of benzene rings is 1. The number of morpholine rings is 1. The molecule has 1 aliphatic carbocycles. The van der Waals surface area contributed by atoms with Gasteiger partial charge in [-0.2, -0.15) is 4.98 Å². The number of halogens is 1. The lowest BCUT2D eigenvalue weighted by Crippen LogP contribution is -2.59. The average Bonchev–Trinajstić information content (AvgIpc) is 3.61. The molecule has 1 aromatic carbocycles. The number of hydrogen-bond acceptors (Lipinski definition) is 6.